The number of halogens is 1. The Kier molecular flexibility index (Phi) is 3.37. The molecule has 1 unspecified atom stereocenters. The molecule has 1 aromatic carbocycles. The van der Waals surface area contributed by atoms with Gasteiger partial charge in [0, 0.05) is 24.5 Å². The molecule has 0 radical (unpaired) electrons. The van der Waals surface area contributed by atoms with Crippen molar-refractivity contribution in [3.8, 4) is 0 Å². The second-order valence-corrected chi connectivity index (χ2v) is 6.99. The normalized spacial score (nSPS) is 20.5. The maximum absolute atomic E-state index is 13.7. The quantitative estimate of drug-likeness (QED) is 0.659. The summed E-state index contributed by atoms with van der Waals surface area (Å²) in [6.07, 6.45) is 1.27. The number of thiol groups is 1. The molecule has 98 valence electrons. The standard InChI is InChI=1S/C11H12FNO3S2/c1-18(15,16)8-2-3-9(12)10(5-8)13-6-7(17)4-11(13)14/h2-3,5,7,17H,4,6H2,1H3. The molecule has 0 aromatic heterocycles. The lowest BCUT2D eigenvalue weighted by molar-refractivity contribution is -0.117. The van der Waals surface area contributed by atoms with Crippen LogP contribution in [0.1, 0.15) is 6.42 Å². The molecule has 4 nitrogen and oxygen atoms in total. The maximum atomic E-state index is 13.7. The lowest BCUT2D eigenvalue weighted by Crippen LogP contribution is -2.25. The van der Waals surface area contributed by atoms with E-state index in [9.17, 15) is 17.6 Å². The van der Waals surface area contributed by atoms with Gasteiger partial charge in [-0.3, -0.25) is 4.79 Å². The molecule has 1 fully saturated rings. The smallest absolute Gasteiger partial charge is 0.228 e. The monoisotopic (exact) mass is 289 g/mol. The van der Waals surface area contributed by atoms with E-state index < -0.39 is 15.7 Å². The Bertz CT molecular complexity index is 600. The van der Waals surface area contributed by atoms with Gasteiger partial charge < -0.3 is 4.90 Å². The molecular formula is C11H12FNO3S2. The highest BCUT2D eigenvalue weighted by Crippen LogP contribution is 2.28. The molecule has 1 amide bonds. The van der Waals surface area contributed by atoms with E-state index in [4.69, 9.17) is 0 Å². The van der Waals surface area contributed by atoms with Crippen molar-refractivity contribution in [1.29, 1.82) is 0 Å². The average molecular weight is 289 g/mol. The number of anilines is 1. The van der Waals surface area contributed by atoms with Crippen molar-refractivity contribution in [3.63, 3.8) is 0 Å². The van der Waals surface area contributed by atoms with E-state index in [-0.39, 0.29) is 34.7 Å². The Morgan fingerprint density at radius 2 is 2.11 bits per heavy atom. The summed E-state index contributed by atoms with van der Waals surface area (Å²) < 4.78 is 36.5. The number of rotatable bonds is 2. The Labute approximate surface area is 110 Å². The molecule has 18 heavy (non-hydrogen) atoms. The first-order valence-electron chi connectivity index (χ1n) is 5.27. The highest BCUT2D eigenvalue weighted by Gasteiger charge is 2.30. The molecule has 7 heteroatoms. The van der Waals surface area contributed by atoms with Crippen LogP contribution in [0.2, 0.25) is 0 Å². The first-order valence-corrected chi connectivity index (χ1v) is 7.68. The fourth-order valence-electron chi connectivity index (χ4n) is 1.85. The van der Waals surface area contributed by atoms with Crippen LogP contribution in [0.4, 0.5) is 10.1 Å². The van der Waals surface area contributed by atoms with Crippen LogP contribution in [-0.2, 0) is 14.6 Å². The zero-order valence-corrected chi connectivity index (χ0v) is 11.3. The third-order valence-electron chi connectivity index (χ3n) is 2.74. The van der Waals surface area contributed by atoms with Crippen molar-refractivity contribution in [2.75, 3.05) is 17.7 Å². The molecule has 2 rings (SSSR count). The molecule has 0 N–H and O–H groups in total. The van der Waals surface area contributed by atoms with Crippen molar-refractivity contribution < 1.29 is 17.6 Å². The SMILES string of the molecule is CS(=O)(=O)c1ccc(F)c(N2CC(S)CC2=O)c1. The predicted molar refractivity (Wildman–Crippen MR) is 69.3 cm³/mol. The summed E-state index contributed by atoms with van der Waals surface area (Å²) in [6.45, 7) is 0.284. The zero-order valence-electron chi connectivity index (χ0n) is 9.63. The molecule has 1 aliphatic rings. The highest BCUT2D eigenvalue weighted by atomic mass is 32.2. The number of carbonyl (C=O) groups is 1. The number of amides is 1. The lowest BCUT2D eigenvalue weighted by atomic mass is 10.3. The Morgan fingerprint density at radius 3 is 2.61 bits per heavy atom. The topological polar surface area (TPSA) is 54.5 Å². The third-order valence-corrected chi connectivity index (χ3v) is 4.20. The first kappa shape index (κ1) is 13.4. The van der Waals surface area contributed by atoms with E-state index in [0.717, 1.165) is 12.3 Å². The minimum atomic E-state index is -3.43. The van der Waals surface area contributed by atoms with Crippen LogP contribution < -0.4 is 4.90 Å². The average Bonchev–Trinajstić information content (AvgIpc) is 2.56. The van der Waals surface area contributed by atoms with Gasteiger partial charge in [-0.1, -0.05) is 0 Å². The van der Waals surface area contributed by atoms with Crippen molar-refractivity contribution >= 4 is 34.1 Å². The van der Waals surface area contributed by atoms with Gasteiger partial charge >= 0.3 is 0 Å². The van der Waals surface area contributed by atoms with Crippen LogP contribution in [0.15, 0.2) is 23.1 Å². The van der Waals surface area contributed by atoms with Crippen molar-refractivity contribution in [1.82, 2.24) is 0 Å². The lowest BCUT2D eigenvalue weighted by Gasteiger charge is -2.17. The fraction of sp³-hybridized carbons (Fsp3) is 0.364. The third kappa shape index (κ3) is 2.51. The number of carbonyl (C=O) groups excluding carboxylic acids is 1. The summed E-state index contributed by atoms with van der Waals surface area (Å²) in [4.78, 5) is 12.9. The largest absolute Gasteiger partial charge is 0.308 e. The summed E-state index contributed by atoms with van der Waals surface area (Å²) in [6, 6.07) is 3.44. The minimum Gasteiger partial charge on any atom is -0.308 e. The summed E-state index contributed by atoms with van der Waals surface area (Å²) in [7, 11) is -3.43. The van der Waals surface area contributed by atoms with E-state index in [1.807, 2.05) is 0 Å². The number of sulfone groups is 1. The predicted octanol–water partition coefficient (Wildman–Crippen LogP) is 1.26. The van der Waals surface area contributed by atoms with Crippen LogP contribution in [0, 0.1) is 5.82 Å². The number of benzene rings is 1. The van der Waals surface area contributed by atoms with Crippen LogP contribution in [0.5, 0.6) is 0 Å². The van der Waals surface area contributed by atoms with Crippen LogP contribution in [0.3, 0.4) is 0 Å². The van der Waals surface area contributed by atoms with Gasteiger partial charge in [0.1, 0.15) is 5.82 Å². The van der Waals surface area contributed by atoms with Crippen LogP contribution >= 0.6 is 12.6 Å². The highest BCUT2D eigenvalue weighted by molar-refractivity contribution is 7.90. The van der Waals surface area contributed by atoms with E-state index in [2.05, 4.69) is 12.6 Å². The Morgan fingerprint density at radius 1 is 1.44 bits per heavy atom. The van der Waals surface area contributed by atoms with E-state index in [0.29, 0.717) is 0 Å². The number of nitrogens with zero attached hydrogens (tertiary/aromatic N) is 1. The molecular weight excluding hydrogens is 277 g/mol. The molecule has 0 bridgehead atoms. The summed E-state index contributed by atoms with van der Waals surface area (Å²) in [5.74, 6) is -0.863. The molecule has 1 aromatic rings. The molecule has 1 heterocycles. The van der Waals surface area contributed by atoms with E-state index in [1.54, 1.807) is 0 Å². The van der Waals surface area contributed by atoms with Gasteiger partial charge in [0.05, 0.1) is 10.6 Å². The molecule has 0 saturated carbocycles. The first-order chi connectivity index (χ1) is 8.29. The molecule has 1 atom stereocenters. The summed E-state index contributed by atoms with van der Waals surface area (Å²) in [5, 5.41) is -0.154. The van der Waals surface area contributed by atoms with Gasteiger partial charge in [-0.15, -0.1) is 0 Å². The van der Waals surface area contributed by atoms with Gasteiger partial charge in [-0.25, -0.2) is 12.8 Å². The maximum Gasteiger partial charge on any atom is 0.228 e. The Hall–Kier alpha value is -1.08. The Balaban J connectivity index is 2.48. The number of hydrogen-bond donors (Lipinski definition) is 1. The molecule has 0 spiro atoms. The second kappa shape index (κ2) is 4.55. The van der Waals surface area contributed by atoms with Crippen molar-refractivity contribution in [2.24, 2.45) is 0 Å². The second-order valence-electron chi connectivity index (χ2n) is 4.25. The summed E-state index contributed by atoms with van der Waals surface area (Å²) >= 11 is 4.18. The van der Waals surface area contributed by atoms with Crippen LogP contribution in [-0.4, -0.2) is 32.4 Å². The summed E-state index contributed by atoms with van der Waals surface area (Å²) in [5.41, 5.74) is -0.000486. The van der Waals surface area contributed by atoms with E-state index in [1.165, 1.54) is 17.0 Å². The van der Waals surface area contributed by atoms with Gasteiger partial charge in [-0.05, 0) is 18.2 Å². The zero-order chi connectivity index (χ0) is 13.5. The molecule has 1 aliphatic heterocycles. The van der Waals surface area contributed by atoms with Crippen molar-refractivity contribution in [2.45, 2.75) is 16.6 Å². The van der Waals surface area contributed by atoms with E-state index >= 15 is 0 Å². The molecule has 0 aliphatic carbocycles. The van der Waals surface area contributed by atoms with Gasteiger partial charge in [0.15, 0.2) is 9.84 Å². The fourth-order valence-corrected chi connectivity index (χ4v) is 2.81. The van der Waals surface area contributed by atoms with Crippen LogP contribution in [0.25, 0.3) is 0 Å². The van der Waals surface area contributed by atoms with Gasteiger partial charge in [0.25, 0.3) is 0 Å². The minimum absolute atomic E-state index is 0.000486. The van der Waals surface area contributed by atoms with Gasteiger partial charge in [-0.2, -0.15) is 12.6 Å². The van der Waals surface area contributed by atoms with Crippen molar-refractivity contribution in [3.05, 3.63) is 24.0 Å². The molecule has 1 saturated heterocycles. The number of hydrogen-bond acceptors (Lipinski definition) is 4. The van der Waals surface area contributed by atoms with Gasteiger partial charge in [0.2, 0.25) is 5.91 Å².